The Morgan fingerprint density at radius 1 is 0.242 bits per heavy atom. The van der Waals surface area contributed by atoms with Crippen molar-refractivity contribution in [2.24, 2.45) is 0 Å². The molecule has 0 bridgehead atoms. The number of rotatable bonds is 6. The van der Waals surface area contributed by atoms with Gasteiger partial charge in [0, 0.05) is 0 Å². The summed E-state index contributed by atoms with van der Waals surface area (Å²) in [7, 11) is -2.28. The van der Waals surface area contributed by atoms with Crippen LogP contribution in [0.3, 0.4) is 0 Å². The zero-order chi connectivity index (χ0) is 43.5. The first-order valence-electron chi connectivity index (χ1n) is 21.4. The van der Waals surface area contributed by atoms with Crippen molar-refractivity contribution >= 4 is 90.8 Å². The Morgan fingerprint density at radius 3 is 0.864 bits per heavy atom. The summed E-state index contributed by atoms with van der Waals surface area (Å²) >= 11 is 0. The molecule has 0 unspecified atom stereocenters. The smallest absolute Gasteiger partial charge is 0.366 e. The van der Waals surface area contributed by atoms with E-state index in [-0.39, 0.29) is 44.8 Å². The Kier molecular flexibility index (Phi) is 17.0. The Balaban J connectivity index is 0.000000160. The van der Waals surface area contributed by atoms with Crippen molar-refractivity contribution in [3.63, 3.8) is 0 Å². The largest absolute Gasteiger partial charge is 1.00 e. The third-order valence-electron chi connectivity index (χ3n) is 11.6. The summed E-state index contributed by atoms with van der Waals surface area (Å²) in [5.74, 6) is 4.97. The fraction of sp³-hybridized carbons (Fsp3) is 0. The third kappa shape index (κ3) is 10.6. The quantitative estimate of drug-likeness (QED) is 0.0512. The molecule has 0 heterocycles. The average Bonchev–Trinajstić information content (AvgIpc) is 3.38. The van der Waals surface area contributed by atoms with Gasteiger partial charge in [0.1, 0.15) is 47.7 Å². The molecule has 0 nitrogen and oxygen atoms in total. The molecule has 4 heteroatoms. The molecule has 11 aromatic carbocycles. The van der Waals surface area contributed by atoms with Gasteiger partial charge in [-0.15, -0.1) is 23.3 Å². The molecule has 322 valence electrons. The van der Waals surface area contributed by atoms with Gasteiger partial charge < -0.3 is 12.8 Å². The first-order valence-corrected chi connectivity index (χ1v) is 24.4. The van der Waals surface area contributed by atoms with Crippen LogP contribution in [0, 0.1) is 24.7 Å². The van der Waals surface area contributed by atoms with Crippen molar-refractivity contribution in [2.75, 3.05) is 0 Å². The molecular weight excluding hydrogens is 1020 g/mol. The molecule has 0 saturated carbocycles. The van der Waals surface area contributed by atoms with Crippen molar-refractivity contribution in [3.8, 4) is 11.8 Å². The molecule has 0 fully saturated rings. The van der Waals surface area contributed by atoms with Gasteiger partial charge in [-0.1, -0.05) is 193 Å². The minimum atomic E-state index is -1.14. The maximum absolute atomic E-state index is 7.28. The first kappa shape index (κ1) is 47.9. The van der Waals surface area contributed by atoms with Crippen LogP contribution in [0.1, 0.15) is 11.1 Å². The molecule has 11 aromatic rings. The summed E-state index contributed by atoms with van der Waals surface area (Å²) in [4.78, 5) is 0. The number of fused-ring (bicyclic) bond motifs is 6. The Morgan fingerprint density at radius 2 is 0.530 bits per heavy atom. The Labute approximate surface area is 422 Å². The van der Waals surface area contributed by atoms with Crippen LogP contribution in [0.15, 0.2) is 255 Å². The number of hydrogen-bond donors (Lipinski definition) is 0. The van der Waals surface area contributed by atoms with Crippen molar-refractivity contribution in [1.82, 2.24) is 0 Å². The molecule has 0 N–H and O–H groups in total. The van der Waals surface area contributed by atoms with Gasteiger partial charge in [0.05, 0.1) is 0 Å². The van der Waals surface area contributed by atoms with E-state index in [1.807, 2.05) is 48.5 Å². The Hall–Kier alpha value is -6.08. The third-order valence-corrected chi connectivity index (χ3v) is 17.4. The van der Waals surface area contributed by atoms with Crippen LogP contribution in [-0.2, 0) is 44.8 Å². The maximum Gasteiger partial charge on any atom is 1.00 e. The minimum absolute atomic E-state index is 0. The van der Waals surface area contributed by atoms with Gasteiger partial charge in [-0.3, -0.25) is 11.8 Å². The fourth-order valence-electron chi connectivity index (χ4n) is 8.59. The minimum Gasteiger partial charge on any atom is -0.366 e. The van der Waals surface area contributed by atoms with Gasteiger partial charge in [-0.2, -0.15) is 0 Å². The summed E-state index contributed by atoms with van der Waals surface area (Å²) in [5.41, 5.74) is 1.70. The van der Waals surface area contributed by atoms with Gasteiger partial charge in [0.2, 0.25) is 0 Å². The van der Waals surface area contributed by atoms with E-state index >= 15 is 0 Å². The van der Waals surface area contributed by atoms with Gasteiger partial charge >= 0.3 is 44.8 Å². The second-order valence-electron chi connectivity index (χ2n) is 15.4. The maximum atomic E-state index is 7.28. The predicted molar refractivity (Wildman–Crippen MR) is 282 cm³/mol. The van der Waals surface area contributed by atoms with E-state index in [0.717, 1.165) is 21.9 Å². The van der Waals surface area contributed by atoms with E-state index in [0.29, 0.717) is 0 Å². The second-order valence-corrected chi connectivity index (χ2v) is 20.3. The summed E-state index contributed by atoms with van der Waals surface area (Å²) in [6.45, 7) is 0. The van der Waals surface area contributed by atoms with Crippen molar-refractivity contribution in [3.05, 3.63) is 279 Å². The molecule has 0 spiro atoms. The Bertz CT molecular complexity index is 3110. The fourth-order valence-corrected chi connectivity index (χ4v) is 14.6. The molecule has 0 radical (unpaired) electrons. The number of hydrogen-bond acceptors (Lipinski definition) is 0. The zero-order valence-electron chi connectivity index (χ0n) is 35.9. The summed E-state index contributed by atoms with van der Waals surface area (Å²) in [5, 5.41) is 18.2. The standard InChI is InChI=1S/C30H24P2.2C16H9.2Ag/c1-5-15-25(16-6-1)31(26-17-7-2-8-18-26)29-23-13-14-24-30(29)32(27-19-9-3-10-20-27)28-21-11-4-12-22-28;2*1-2-12-7-5-9-16-14-8-4-3-6-13(14)10-11-15(12)16;;/h1-24H;2*3-11H;;/q;2*-1;2*+1/p+2. The number of benzene rings is 11. The average molecular weight is 1070 g/mol. The molecule has 11 rings (SSSR count). The van der Waals surface area contributed by atoms with E-state index in [4.69, 9.17) is 12.8 Å². The first-order chi connectivity index (χ1) is 31.7. The van der Waals surface area contributed by atoms with Crippen molar-refractivity contribution in [2.45, 2.75) is 0 Å². The predicted octanol–water partition coefficient (Wildman–Crippen LogP) is 12.5. The van der Waals surface area contributed by atoms with Crippen molar-refractivity contribution in [1.29, 1.82) is 0 Å². The van der Waals surface area contributed by atoms with Gasteiger partial charge in [0.15, 0.2) is 0 Å². The normalized spacial score (nSPS) is 10.4. The van der Waals surface area contributed by atoms with E-state index in [1.165, 1.54) is 64.1 Å². The van der Waals surface area contributed by atoms with Crippen LogP contribution in [-0.4, -0.2) is 0 Å². The molecule has 0 aromatic heterocycles. The van der Waals surface area contributed by atoms with E-state index in [1.54, 1.807) is 0 Å². The molecule has 0 amide bonds. The second kappa shape index (κ2) is 23.4. The monoisotopic (exact) mass is 1060 g/mol. The molecule has 66 heavy (non-hydrogen) atoms. The molecule has 0 aliphatic heterocycles. The van der Waals surface area contributed by atoms with Crippen molar-refractivity contribution < 1.29 is 44.8 Å². The molecule has 0 aliphatic rings. The van der Waals surface area contributed by atoms with E-state index < -0.39 is 15.8 Å². The van der Waals surface area contributed by atoms with Crippen LogP contribution in [0.2, 0.25) is 0 Å². The summed E-state index contributed by atoms with van der Waals surface area (Å²) < 4.78 is 0. The molecular formula is C62H44Ag2P2+2. The zero-order valence-corrected chi connectivity index (χ0v) is 40.8. The summed E-state index contributed by atoms with van der Waals surface area (Å²) in [6, 6.07) is 90.3. The van der Waals surface area contributed by atoms with E-state index in [2.05, 4.69) is 218 Å². The van der Waals surface area contributed by atoms with Gasteiger partial charge in [0.25, 0.3) is 0 Å². The summed E-state index contributed by atoms with van der Waals surface area (Å²) in [6.07, 6.45) is 14.6. The van der Waals surface area contributed by atoms with Crippen LogP contribution in [0.5, 0.6) is 0 Å². The molecule has 0 aliphatic carbocycles. The van der Waals surface area contributed by atoms with Gasteiger partial charge in [-0.25, -0.2) is 0 Å². The molecule has 0 atom stereocenters. The van der Waals surface area contributed by atoms with Crippen LogP contribution < -0.4 is 31.8 Å². The van der Waals surface area contributed by atoms with Gasteiger partial charge in [-0.05, 0) is 93.0 Å². The van der Waals surface area contributed by atoms with Crippen LogP contribution >= 0.6 is 15.8 Å². The topological polar surface area (TPSA) is 0 Å². The van der Waals surface area contributed by atoms with Crippen LogP contribution in [0.25, 0.3) is 43.1 Å². The molecule has 0 saturated heterocycles. The van der Waals surface area contributed by atoms with E-state index in [9.17, 15) is 0 Å². The SMILES string of the molecule is [Ag+].[Ag+].[C-]#Cc1cccc2c1ccc1ccccc12.[C-]#Cc1cccc2c1ccc1ccccc12.c1ccc([PH+](c2ccccc2)c2ccccc2[PH+](c2ccccc2)c2ccccc2)cc1. The van der Waals surface area contributed by atoms with Crippen LogP contribution in [0.4, 0.5) is 0 Å².